The van der Waals surface area contributed by atoms with E-state index >= 15 is 0 Å². The van der Waals surface area contributed by atoms with Crippen LogP contribution in [-0.2, 0) is 17.8 Å². The van der Waals surface area contributed by atoms with Crippen LogP contribution in [0.1, 0.15) is 30.9 Å². The molecule has 6 heteroatoms. The average Bonchev–Trinajstić information content (AvgIpc) is 2.61. The van der Waals surface area contributed by atoms with E-state index in [0.717, 1.165) is 32.5 Å². The van der Waals surface area contributed by atoms with Gasteiger partial charge >= 0.3 is 6.03 Å². The van der Waals surface area contributed by atoms with Crippen molar-refractivity contribution in [2.45, 2.75) is 32.7 Å². The maximum absolute atomic E-state index is 12.2. The zero-order valence-electron chi connectivity index (χ0n) is 14.4. The molecule has 1 heterocycles. The molecule has 24 heavy (non-hydrogen) atoms. The summed E-state index contributed by atoms with van der Waals surface area (Å²) >= 11 is 0. The van der Waals surface area contributed by atoms with Gasteiger partial charge in [-0.2, -0.15) is 0 Å². The van der Waals surface area contributed by atoms with Crippen LogP contribution in [0, 0.1) is 0 Å². The number of carbonyl (C=O) groups excluding carboxylic acids is 2. The van der Waals surface area contributed by atoms with Crippen LogP contribution in [0.15, 0.2) is 24.3 Å². The summed E-state index contributed by atoms with van der Waals surface area (Å²) in [6.07, 6.45) is 2.28. The van der Waals surface area contributed by atoms with Crippen LogP contribution in [0.3, 0.4) is 0 Å². The standard InChI is InChI=1S/C18H28N4O2/c1-2-9-19-11-12-20-17(23)7-10-21-18(24)22-13-8-15-5-3-4-6-16(15)14-22/h3-6,19H,2,7-14H2,1H3,(H,20,23)(H,21,24). The highest BCUT2D eigenvalue weighted by Crippen LogP contribution is 2.18. The van der Waals surface area contributed by atoms with E-state index in [-0.39, 0.29) is 11.9 Å². The molecule has 6 nitrogen and oxygen atoms in total. The number of hydrogen-bond acceptors (Lipinski definition) is 3. The Morgan fingerprint density at radius 2 is 1.83 bits per heavy atom. The topological polar surface area (TPSA) is 73.5 Å². The lowest BCUT2D eigenvalue weighted by Crippen LogP contribution is -2.43. The Balaban J connectivity index is 1.61. The van der Waals surface area contributed by atoms with E-state index in [1.165, 1.54) is 11.1 Å². The first-order valence-electron chi connectivity index (χ1n) is 8.77. The van der Waals surface area contributed by atoms with Crippen molar-refractivity contribution in [3.63, 3.8) is 0 Å². The van der Waals surface area contributed by atoms with Crippen molar-refractivity contribution in [1.82, 2.24) is 20.9 Å². The summed E-state index contributed by atoms with van der Waals surface area (Å²) in [7, 11) is 0. The van der Waals surface area contributed by atoms with Gasteiger partial charge in [-0.3, -0.25) is 4.79 Å². The second-order valence-electron chi connectivity index (χ2n) is 6.02. The highest BCUT2D eigenvalue weighted by atomic mass is 16.2. The number of carbonyl (C=O) groups is 2. The molecule has 3 N–H and O–H groups in total. The van der Waals surface area contributed by atoms with Crippen molar-refractivity contribution in [2.75, 3.05) is 32.7 Å². The molecule has 132 valence electrons. The van der Waals surface area contributed by atoms with Crippen molar-refractivity contribution < 1.29 is 9.59 Å². The van der Waals surface area contributed by atoms with Crippen LogP contribution in [-0.4, -0.2) is 49.6 Å². The van der Waals surface area contributed by atoms with Crippen LogP contribution in [0.5, 0.6) is 0 Å². The molecule has 0 unspecified atom stereocenters. The van der Waals surface area contributed by atoms with E-state index in [9.17, 15) is 9.59 Å². The molecule has 0 aliphatic carbocycles. The normalized spacial score (nSPS) is 13.3. The minimum atomic E-state index is -0.0954. The maximum atomic E-state index is 12.2. The lowest BCUT2D eigenvalue weighted by atomic mass is 10.0. The van der Waals surface area contributed by atoms with Crippen LogP contribution in [0.25, 0.3) is 0 Å². The summed E-state index contributed by atoms with van der Waals surface area (Å²) < 4.78 is 0. The van der Waals surface area contributed by atoms with E-state index < -0.39 is 0 Å². The molecular formula is C18H28N4O2. The summed E-state index contributed by atoms with van der Waals surface area (Å²) in [5.41, 5.74) is 2.52. The number of fused-ring (bicyclic) bond motifs is 1. The van der Waals surface area contributed by atoms with E-state index in [1.54, 1.807) is 4.90 Å². The predicted octanol–water partition coefficient (Wildman–Crippen LogP) is 1.26. The molecule has 0 atom stereocenters. The molecule has 0 spiro atoms. The third-order valence-corrected chi connectivity index (χ3v) is 4.10. The molecule has 0 bridgehead atoms. The van der Waals surface area contributed by atoms with Crippen LogP contribution >= 0.6 is 0 Å². The van der Waals surface area contributed by atoms with Crippen molar-refractivity contribution in [1.29, 1.82) is 0 Å². The smallest absolute Gasteiger partial charge is 0.317 e. The highest BCUT2D eigenvalue weighted by molar-refractivity contribution is 5.78. The van der Waals surface area contributed by atoms with Gasteiger partial charge in [-0.05, 0) is 30.5 Å². The first kappa shape index (κ1) is 18.3. The molecule has 3 amide bonds. The zero-order chi connectivity index (χ0) is 17.2. The molecule has 0 radical (unpaired) electrons. The number of hydrogen-bond donors (Lipinski definition) is 3. The van der Waals surface area contributed by atoms with Crippen molar-refractivity contribution in [3.05, 3.63) is 35.4 Å². The molecule has 0 fully saturated rings. The first-order chi connectivity index (χ1) is 11.7. The fourth-order valence-electron chi connectivity index (χ4n) is 2.74. The fraction of sp³-hybridized carbons (Fsp3) is 0.556. The molecule has 1 aliphatic heterocycles. The van der Waals surface area contributed by atoms with Gasteiger partial charge in [-0.1, -0.05) is 31.2 Å². The lowest BCUT2D eigenvalue weighted by Gasteiger charge is -2.28. The van der Waals surface area contributed by atoms with Gasteiger partial charge in [0.05, 0.1) is 0 Å². The fourth-order valence-corrected chi connectivity index (χ4v) is 2.74. The number of rotatable bonds is 8. The molecular weight excluding hydrogens is 304 g/mol. The molecule has 1 aromatic rings. The number of benzene rings is 1. The van der Waals surface area contributed by atoms with Crippen molar-refractivity contribution in [3.8, 4) is 0 Å². The van der Waals surface area contributed by atoms with Gasteiger partial charge in [0.15, 0.2) is 0 Å². The minimum absolute atomic E-state index is 0.0300. The second kappa shape index (κ2) is 9.93. The summed E-state index contributed by atoms with van der Waals surface area (Å²) in [4.78, 5) is 25.7. The minimum Gasteiger partial charge on any atom is -0.355 e. The number of nitrogens with one attached hydrogen (secondary N) is 3. The zero-order valence-corrected chi connectivity index (χ0v) is 14.4. The van der Waals surface area contributed by atoms with E-state index in [2.05, 4.69) is 35.0 Å². The summed E-state index contributed by atoms with van der Waals surface area (Å²) in [6.45, 7) is 6.19. The van der Waals surface area contributed by atoms with Gasteiger partial charge in [0.1, 0.15) is 0 Å². The van der Waals surface area contributed by atoms with E-state index in [4.69, 9.17) is 0 Å². The van der Waals surface area contributed by atoms with Gasteiger partial charge in [0.25, 0.3) is 0 Å². The monoisotopic (exact) mass is 332 g/mol. The van der Waals surface area contributed by atoms with Gasteiger partial charge in [0.2, 0.25) is 5.91 Å². The van der Waals surface area contributed by atoms with Gasteiger partial charge in [-0.15, -0.1) is 0 Å². The van der Waals surface area contributed by atoms with E-state index in [0.29, 0.717) is 26.1 Å². The average molecular weight is 332 g/mol. The molecule has 0 aromatic heterocycles. The first-order valence-corrected chi connectivity index (χ1v) is 8.77. The van der Waals surface area contributed by atoms with Gasteiger partial charge in [0, 0.05) is 39.1 Å². The summed E-state index contributed by atoms with van der Waals surface area (Å²) in [5, 5.41) is 8.90. The quantitative estimate of drug-likeness (QED) is 0.628. The second-order valence-corrected chi connectivity index (χ2v) is 6.02. The highest BCUT2D eigenvalue weighted by Gasteiger charge is 2.19. The number of urea groups is 1. The Morgan fingerprint density at radius 3 is 2.62 bits per heavy atom. The van der Waals surface area contributed by atoms with E-state index in [1.807, 2.05) is 12.1 Å². The van der Waals surface area contributed by atoms with Crippen molar-refractivity contribution in [2.24, 2.45) is 0 Å². The van der Waals surface area contributed by atoms with Gasteiger partial charge in [-0.25, -0.2) is 4.79 Å². The summed E-state index contributed by atoms with van der Waals surface area (Å²) in [6, 6.07) is 8.12. The Bertz CT molecular complexity index is 548. The summed E-state index contributed by atoms with van der Waals surface area (Å²) in [5.74, 6) is -0.0300. The SMILES string of the molecule is CCCNCCNC(=O)CCNC(=O)N1CCc2ccccc2C1. The molecule has 0 saturated carbocycles. The number of nitrogens with zero attached hydrogens (tertiary/aromatic N) is 1. The largest absolute Gasteiger partial charge is 0.355 e. The van der Waals surface area contributed by atoms with Crippen LogP contribution < -0.4 is 16.0 Å². The van der Waals surface area contributed by atoms with Crippen LogP contribution in [0.4, 0.5) is 4.79 Å². The Hall–Kier alpha value is -2.08. The number of amides is 3. The van der Waals surface area contributed by atoms with Crippen LogP contribution in [0.2, 0.25) is 0 Å². The van der Waals surface area contributed by atoms with Gasteiger partial charge < -0.3 is 20.9 Å². The third kappa shape index (κ3) is 5.85. The van der Waals surface area contributed by atoms with Crippen molar-refractivity contribution >= 4 is 11.9 Å². The molecule has 0 saturated heterocycles. The molecule has 1 aliphatic rings. The Labute approximate surface area is 144 Å². The molecule has 1 aromatic carbocycles. The Morgan fingerprint density at radius 1 is 1.04 bits per heavy atom. The molecule has 2 rings (SSSR count). The predicted molar refractivity (Wildman–Crippen MR) is 94.7 cm³/mol. The maximum Gasteiger partial charge on any atom is 0.317 e. The third-order valence-electron chi connectivity index (χ3n) is 4.10. The lowest BCUT2D eigenvalue weighted by molar-refractivity contribution is -0.120. The Kier molecular flexibility index (Phi) is 7.55.